The summed E-state index contributed by atoms with van der Waals surface area (Å²) in [5.41, 5.74) is 0. The van der Waals surface area contributed by atoms with E-state index in [9.17, 15) is 24.2 Å². The number of aliphatic hydroxyl groups excluding tert-OH is 2. The molecule has 4 fully saturated rings. The third-order valence-corrected chi connectivity index (χ3v) is 7.78. The molecule has 0 aromatic rings. The molecule has 194 valence electrons. The summed E-state index contributed by atoms with van der Waals surface area (Å²) in [5, 5.41) is 28.6. The number of piperidine rings is 1. The van der Waals surface area contributed by atoms with Crippen molar-refractivity contribution in [3.8, 4) is 0 Å². The van der Waals surface area contributed by atoms with Crippen molar-refractivity contribution in [2.75, 3.05) is 39.3 Å². The zero-order valence-corrected chi connectivity index (χ0v) is 19.9. The second kappa shape index (κ2) is 11.9. The van der Waals surface area contributed by atoms with Gasteiger partial charge in [0.05, 0.1) is 19.1 Å². The van der Waals surface area contributed by atoms with Gasteiger partial charge in [-0.25, -0.2) is 9.18 Å². The van der Waals surface area contributed by atoms with E-state index < -0.39 is 36.6 Å². The van der Waals surface area contributed by atoms with Gasteiger partial charge >= 0.3 is 6.03 Å². The fourth-order valence-electron chi connectivity index (χ4n) is 5.72. The molecular weight excluding hydrogens is 445 g/mol. The molecule has 1 saturated carbocycles. The summed E-state index contributed by atoms with van der Waals surface area (Å²) in [6.07, 6.45) is 1.68. The second-order valence-corrected chi connectivity index (χ2v) is 10.2. The van der Waals surface area contributed by atoms with E-state index in [1.807, 2.05) is 4.90 Å². The van der Waals surface area contributed by atoms with Crippen LogP contribution in [-0.2, 0) is 9.53 Å². The van der Waals surface area contributed by atoms with E-state index in [-0.39, 0.29) is 24.9 Å². The fourth-order valence-corrected chi connectivity index (χ4v) is 5.72. The minimum absolute atomic E-state index is 0.00289. The molecule has 7 atom stereocenters. The van der Waals surface area contributed by atoms with Gasteiger partial charge in [-0.05, 0) is 38.5 Å². The van der Waals surface area contributed by atoms with Gasteiger partial charge in [0.25, 0.3) is 0 Å². The third kappa shape index (κ3) is 6.57. The molecular formula is C23H41FN5O5+. The SMILES string of the molecule is O=C(NC[C@H]1O[C@H](CC(=O)N2CCN(C3CCCC[NH2+]3)CC2)[C@H](O)[C@@H]1O)NC1CCCC(F)C1. The van der Waals surface area contributed by atoms with E-state index in [2.05, 4.69) is 20.9 Å². The Morgan fingerprint density at radius 3 is 2.47 bits per heavy atom. The van der Waals surface area contributed by atoms with E-state index in [0.717, 1.165) is 25.9 Å². The predicted octanol–water partition coefficient (Wildman–Crippen LogP) is -1.34. The highest BCUT2D eigenvalue weighted by Gasteiger charge is 2.44. The highest BCUT2D eigenvalue weighted by atomic mass is 19.1. The number of amides is 3. The van der Waals surface area contributed by atoms with Gasteiger partial charge in [-0.15, -0.1) is 0 Å². The zero-order valence-electron chi connectivity index (χ0n) is 19.9. The number of piperazine rings is 1. The Balaban J connectivity index is 1.17. The van der Waals surface area contributed by atoms with Gasteiger partial charge in [-0.1, -0.05) is 0 Å². The standard InChI is InChI=1S/C23H40FN5O5/c24-15-4-3-5-16(12-15)27-23(33)26-14-18-22(32)21(31)17(34-18)13-20(30)29-10-8-28(9-11-29)19-6-1-2-7-25-19/h15-19,21-22,25,31-32H,1-14H2,(H2,26,27,33)/p+1/t15?,16?,17-,18-,19?,21+,22-/m1/s1. The molecule has 11 heteroatoms. The van der Waals surface area contributed by atoms with Crippen LogP contribution in [0.1, 0.15) is 51.4 Å². The van der Waals surface area contributed by atoms with E-state index in [4.69, 9.17) is 4.74 Å². The predicted molar refractivity (Wildman–Crippen MR) is 122 cm³/mol. The van der Waals surface area contributed by atoms with E-state index in [1.165, 1.54) is 25.8 Å². The van der Waals surface area contributed by atoms with Crippen molar-refractivity contribution in [2.45, 2.75) is 94.2 Å². The van der Waals surface area contributed by atoms with Crippen molar-refractivity contribution in [3.05, 3.63) is 0 Å². The summed E-state index contributed by atoms with van der Waals surface area (Å²) in [6, 6.07) is -0.650. The number of hydrogen-bond donors (Lipinski definition) is 5. The molecule has 3 saturated heterocycles. The molecule has 4 aliphatic rings. The topological polar surface area (TPSA) is 131 Å². The molecule has 6 N–H and O–H groups in total. The fraction of sp³-hybridized carbons (Fsp3) is 0.913. The third-order valence-electron chi connectivity index (χ3n) is 7.78. The number of halogens is 1. The van der Waals surface area contributed by atoms with Gasteiger partial charge in [-0.3, -0.25) is 9.69 Å². The van der Waals surface area contributed by atoms with Crippen molar-refractivity contribution < 1.29 is 34.2 Å². The van der Waals surface area contributed by atoms with Crippen LogP contribution >= 0.6 is 0 Å². The van der Waals surface area contributed by atoms with Crippen LogP contribution < -0.4 is 16.0 Å². The van der Waals surface area contributed by atoms with Crippen molar-refractivity contribution in [1.29, 1.82) is 0 Å². The van der Waals surface area contributed by atoms with Crippen molar-refractivity contribution >= 4 is 11.9 Å². The zero-order chi connectivity index (χ0) is 24.1. The minimum atomic E-state index is -1.19. The normalized spacial score (nSPS) is 37.4. The number of rotatable bonds is 6. The summed E-state index contributed by atoms with van der Waals surface area (Å²) < 4.78 is 19.3. The molecule has 0 aromatic heterocycles. The molecule has 0 radical (unpaired) electrons. The number of urea groups is 1. The van der Waals surface area contributed by atoms with Crippen molar-refractivity contribution in [2.24, 2.45) is 0 Å². The van der Waals surface area contributed by atoms with Crippen LogP contribution in [0.3, 0.4) is 0 Å². The number of ether oxygens (including phenoxy) is 1. The number of quaternary nitrogens is 1. The number of carbonyl (C=O) groups is 2. The van der Waals surface area contributed by atoms with Crippen LogP contribution in [0.2, 0.25) is 0 Å². The van der Waals surface area contributed by atoms with Crippen molar-refractivity contribution in [3.63, 3.8) is 0 Å². The Hall–Kier alpha value is -1.53. The Kier molecular flexibility index (Phi) is 8.97. The lowest BCUT2D eigenvalue weighted by molar-refractivity contribution is -0.717. The van der Waals surface area contributed by atoms with E-state index >= 15 is 0 Å². The van der Waals surface area contributed by atoms with Crippen molar-refractivity contribution in [1.82, 2.24) is 20.4 Å². The van der Waals surface area contributed by atoms with E-state index in [1.54, 1.807) is 0 Å². The maximum Gasteiger partial charge on any atom is 0.315 e. The van der Waals surface area contributed by atoms with Gasteiger partial charge in [0, 0.05) is 45.2 Å². The smallest absolute Gasteiger partial charge is 0.315 e. The first kappa shape index (κ1) is 25.6. The molecule has 10 nitrogen and oxygen atoms in total. The molecule has 34 heavy (non-hydrogen) atoms. The van der Waals surface area contributed by atoms with Crippen LogP contribution in [0.15, 0.2) is 0 Å². The Morgan fingerprint density at radius 1 is 1.00 bits per heavy atom. The number of nitrogens with two attached hydrogens (primary N) is 1. The van der Waals surface area contributed by atoms with Crippen LogP contribution in [0.5, 0.6) is 0 Å². The van der Waals surface area contributed by atoms with E-state index in [0.29, 0.717) is 32.1 Å². The Bertz CT molecular complexity index is 689. The monoisotopic (exact) mass is 486 g/mol. The summed E-state index contributed by atoms with van der Waals surface area (Å²) >= 11 is 0. The number of nitrogens with one attached hydrogen (secondary N) is 2. The first-order valence-corrected chi connectivity index (χ1v) is 13.0. The summed E-state index contributed by atoms with van der Waals surface area (Å²) in [6.45, 7) is 4.16. The lowest BCUT2D eigenvalue weighted by Gasteiger charge is -2.39. The molecule has 3 heterocycles. The minimum Gasteiger partial charge on any atom is -0.388 e. The lowest BCUT2D eigenvalue weighted by atomic mass is 9.94. The molecule has 1 aliphatic carbocycles. The summed E-state index contributed by atoms with van der Waals surface area (Å²) in [5.74, 6) is -0.0899. The average molecular weight is 487 g/mol. The van der Waals surface area contributed by atoms with Gasteiger partial charge in [0.1, 0.15) is 30.6 Å². The van der Waals surface area contributed by atoms with Crippen LogP contribution in [0.4, 0.5) is 9.18 Å². The summed E-state index contributed by atoms with van der Waals surface area (Å²) in [7, 11) is 0. The Morgan fingerprint density at radius 2 is 1.76 bits per heavy atom. The highest BCUT2D eigenvalue weighted by Crippen LogP contribution is 2.25. The molecule has 0 aromatic carbocycles. The van der Waals surface area contributed by atoms with Crippen LogP contribution in [-0.4, -0.2) is 114 Å². The maximum absolute atomic E-state index is 13.5. The summed E-state index contributed by atoms with van der Waals surface area (Å²) in [4.78, 5) is 29.2. The molecule has 0 spiro atoms. The largest absolute Gasteiger partial charge is 0.388 e. The number of aliphatic hydroxyl groups is 2. The lowest BCUT2D eigenvalue weighted by Crippen LogP contribution is -2.95. The Labute approximate surface area is 200 Å². The number of nitrogens with zero attached hydrogens (tertiary/aromatic N) is 2. The first-order valence-electron chi connectivity index (χ1n) is 13.0. The molecule has 3 aliphatic heterocycles. The average Bonchev–Trinajstić information content (AvgIpc) is 3.11. The molecule has 0 bridgehead atoms. The van der Waals surface area contributed by atoms with Crippen LogP contribution in [0, 0.1) is 0 Å². The molecule has 3 unspecified atom stereocenters. The number of hydrogen-bond acceptors (Lipinski definition) is 6. The van der Waals surface area contributed by atoms with Crippen LogP contribution in [0.25, 0.3) is 0 Å². The number of carbonyl (C=O) groups excluding carboxylic acids is 2. The second-order valence-electron chi connectivity index (χ2n) is 10.2. The maximum atomic E-state index is 13.5. The van der Waals surface area contributed by atoms with Gasteiger partial charge in [0.15, 0.2) is 0 Å². The highest BCUT2D eigenvalue weighted by molar-refractivity contribution is 5.77. The van der Waals surface area contributed by atoms with Gasteiger partial charge in [0.2, 0.25) is 5.91 Å². The quantitative estimate of drug-likeness (QED) is 0.316. The first-order chi connectivity index (χ1) is 16.4. The molecule has 3 amide bonds. The molecule has 4 rings (SSSR count). The number of alkyl halides is 1. The van der Waals surface area contributed by atoms with Gasteiger partial charge < -0.3 is 35.8 Å². The van der Waals surface area contributed by atoms with Gasteiger partial charge in [-0.2, -0.15) is 0 Å².